The molecule has 1 amide bonds. The Labute approximate surface area is 188 Å². The third-order valence-electron chi connectivity index (χ3n) is 4.85. The summed E-state index contributed by atoms with van der Waals surface area (Å²) >= 11 is 0. The Balaban J connectivity index is 1.90. The van der Waals surface area contributed by atoms with E-state index in [0.29, 0.717) is 33.8 Å². The molecule has 0 saturated heterocycles. The quantitative estimate of drug-likeness (QED) is 0.335. The first-order valence-corrected chi connectivity index (χ1v) is 9.84. The van der Waals surface area contributed by atoms with Gasteiger partial charge < -0.3 is 19.2 Å². The van der Waals surface area contributed by atoms with Gasteiger partial charge in [0.05, 0.1) is 24.8 Å². The first-order chi connectivity index (χ1) is 16.0. The number of carbonyl (C=O) groups is 1. The molecule has 0 bridgehead atoms. The van der Waals surface area contributed by atoms with E-state index in [2.05, 4.69) is 10.3 Å². The van der Waals surface area contributed by atoms with Crippen molar-refractivity contribution in [2.45, 2.75) is 0 Å². The van der Waals surface area contributed by atoms with Gasteiger partial charge in [-0.05, 0) is 36.4 Å². The molecule has 0 spiro atoms. The number of nitrogens with one attached hydrogen (secondary N) is 1. The monoisotopic (exact) mass is 445 g/mol. The molecule has 9 heteroatoms. The second kappa shape index (κ2) is 9.23. The first kappa shape index (κ1) is 21.6. The van der Waals surface area contributed by atoms with Crippen LogP contribution in [0.15, 0.2) is 82.2 Å². The second-order valence-corrected chi connectivity index (χ2v) is 6.88. The van der Waals surface area contributed by atoms with Gasteiger partial charge in [-0.3, -0.25) is 14.9 Å². The minimum absolute atomic E-state index is 0.0215. The Morgan fingerprint density at radius 1 is 0.970 bits per heavy atom. The Morgan fingerprint density at radius 3 is 2.39 bits per heavy atom. The number of fused-ring (bicyclic) bond motifs is 1. The number of benzene rings is 3. The summed E-state index contributed by atoms with van der Waals surface area (Å²) in [5.74, 6) is 0.445. The van der Waals surface area contributed by atoms with Gasteiger partial charge in [-0.25, -0.2) is 4.99 Å². The van der Waals surface area contributed by atoms with Crippen molar-refractivity contribution < 1.29 is 23.6 Å². The third kappa shape index (κ3) is 4.52. The highest BCUT2D eigenvalue weighted by Crippen LogP contribution is 2.27. The molecule has 0 atom stereocenters. The van der Waals surface area contributed by atoms with Crippen molar-refractivity contribution in [3.05, 3.63) is 94.0 Å². The minimum Gasteiger partial charge on any atom is -0.495 e. The number of nitro benzene ring substituents is 1. The lowest BCUT2D eigenvalue weighted by molar-refractivity contribution is -0.384. The van der Waals surface area contributed by atoms with Crippen molar-refractivity contribution in [1.82, 2.24) is 0 Å². The average Bonchev–Trinajstić information content (AvgIpc) is 2.83. The Hall–Kier alpha value is -4.66. The van der Waals surface area contributed by atoms with Gasteiger partial charge in [0.15, 0.2) is 0 Å². The number of methoxy groups -OCH3 is 2. The van der Waals surface area contributed by atoms with Gasteiger partial charge in [0.25, 0.3) is 11.6 Å². The molecule has 0 saturated carbocycles. The van der Waals surface area contributed by atoms with Crippen LogP contribution < -0.4 is 20.3 Å². The maximum Gasteiger partial charge on any atom is 0.270 e. The van der Waals surface area contributed by atoms with Crippen LogP contribution in [-0.2, 0) is 0 Å². The van der Waals surface area contributed by atoms with Crippen molar-refractivity contribution >= 4 is 33.9 Å². The fourth-order valence-electron chi connectivity index (χ4n) is 3.25. The zero-order valence-corrected chi connectivity index (χ0v) is 17.8. The van der Waals surface area contributed by atoms with Crippen LogP contribution in [0.4, 0.5) is 17.1 Å². The van der Waals surface area contributed by atoms with Crippen molar-refractivity contribution in [2.24, 2.45) is 4.99 Å². The number of ether oxygens (including phenoxy) is 2. The lowest BCUT2D eigenvalue weighted by Crippen LogP contribution is -2.22. The maximum absolute atomic E-state index is 13.3. The molecule has 4 aromatic rings. The van der Waals surface area contributed by atoms with Crippen LogP contribution in [0.2, 0.25) is 0 Å². The fourth-order valence-corrected chi connectivity index (χ4v) is 3.25. The summed E-state index contributed by atoms with van der Waals surface area (Å²) in [6, 6.07) is 19.6. The molecule has 0 fully saturated rings. The Bertz CT molecular complexity index is 1430. The molecule has 0 unspecified atom stereocenters. The number of nitro groups is 1. The minimum atomic E-state index is -0.523. The zero-order valence-electron chi connectivity index (χ0n) is 17.8. The number of rotatable bonds is 6. The number of hydrogen-bond donors (Lipinski definition) is 1. The largest absolute Gasteiger partial charge is 0.495 e. The third-order valence-corrected chi connectivity index (χ3v) is 4.85. The molecule has 1 aromatic heterocycles. The Kier molecular flexibility index (Phi) is 6.03. The molecule has 0 aliphatic heterocycles. The summed E-state index contributed by atoms with van der Waals surface area (Å²) in [5, 5.41) is 14.4. The summed E-state index contributed by atoms with van der Waals surface area (Å²) in [5.41, 5.74) is 1.23. The molecule has 1 heterocycles. The van der Waals surface area contributed by atoms with Crippen LogP contribution in [0.5, 0.6) is 11.5 Å². The van der Waals surface area contributed by atoms with E-state index in [-0.39, 0.29) is 16.8 Å². The zero-order chi connectivity index (χ0) is 23.4. The van der Waals surface area contributed by atoms with Gasteiger partial charge in [-0.15, -0.1) is 0 Å². The molecular weight excluding hydrogens is 426 g/mol. The molecular formula is C24H19N3O6. The second-order valence-electron chi connectivity index (χ2n) is 6.88. The summed E-state index contributed by atoms with van der Waals surface area (Å²) in [6.45, 7) is 0. The molecule has 0 aliphatic rings. The van der Waals surface area contributed by atoms with E-state index in [4.69, 9.17) is 13.9 Å². The van der Waals surface area contributed by atoms with Crippen LogP contribution in [0.1, 0.15) is 10.4 Å². The lowest BCUT2D eigenvalue weighted by Gasteiger charge is -2.10. The first-order valence-electron chi connectivity index (χ1n) is 9.84. The molecule has 3 aromatic carbocycles. The number of anilines is 1. The average molecular weight is 445 g/mol. The van der Waals surface area contributed by atoms with E-state index in [9.17, 15) is 14.9 Å². The lowest BCUT2D eigenvalue weighted by atomic mass is 10.1. The maximum atomic E-state index is 13.3. The van der Waals surface area contributed by atoms with Gasteiger partial charge in [-0.2, -0.15) is 0 Å². The molecule has 4 rings (SSSR count). The number of amides is 1. The van der Waals surface area contributed by atoms with Crippen LogP contribution in [-0.4, -0.2) is 25.1 Å². The van der Waals surface area contributed by atoms with Crippen molar-refractivity contribution in [3.8, 4) is 11.5 Å². The van der Waals surface area contributed by atoms with Crippen LogP contribution >= 0.6 is 0 Å². The van der Waals surface area contributed by atoms with E-state index in [1.165, 1.54) is 38.5 Å². The number of hydrogen-bond acceptors (Lipinski definition) is 7. The van der Waals surface area contributed by atoms with Gasteiger partial charge in [0, 0.05) is 17.5 Å². The van der Waals surface area contributed by atoms with Crippen LogP contribution in [0.3, 0.4) is 0 Å². The number of non-ortho nitro benzene ring substituents is 1. The van der Waals surface area contributed by atoms with Crippen molar-refractivity contribution in [2.75, 3.05) is 19.5 Å². The Morgan fingerprint density at radius 2 is 1.67 bits per heavy atom. The van der Waals surface area contributed by atoms with E-state index in [1.54, 1.807) is 48.5 Å². The molecule has 166 valence electrons. The van der Waals surface area contributed by atoms with Crippen molar-refractivity contribution in [1.29, 1.82) is 0 Å². The normalized spacial score (nSPS) is 11.3. The number of para-hydroxylation sites is 4. The fraction of sp³-hybridized carbons (Fsp3) is 0.0833. The topological polar surface area (TPSA) is 116 Å². The highest BCUT2D eigenvalue weighted by molar-refractivity contribution is 6.06. The molecule has 0 radical (unpaired) electrons. The smallest absolute Gasteiger partial charge is 0.270 e. The molecule has 9 nitrogen and oxygen atoms in total. The molecule has 33 heavy (non-hydrogen) atoms. The van der Waals surface area contributed by atoms with E-state index >= 15 is 0 Å². The van der Waals surface area contributed by atoms with Gasteiger partial charge >= 0.3 is 0 Å². The SMILES string of the molecule is COc1ccccc1N=c1oc2ccc([N+](=O)[O-])cc2cc1C(=O)Nc1ccccc1OC. The van der Waals surface area contributed by atoms with Crippen LogP contribution in [0.25, 0.3) is 11.0 Å². The predicted octanol–water partition coefficient (Wildman–Crippen LogP) is 4.84. The highest BCUT2D eigenvalue weighted by atomic mass is 16.6. The van der Waals surface area contributed by atoms with Crippen LogP contribution in [0, 0.1) is 10.1 Å². The number of nitrogens with zero attached hydrogens (tertiary/aromatic N) is 2. The van der Waals surface area contributed by atoms with Gasteiger partial charge in [0.1, 0.15) is 28.3 Å². The van der Waals surface area contributed by atoms with Gasteiger partial charge in [0.2, 0.25) is 5.55 Å². The van der Waals surface area contributed by atoms with Gasteiger partial charge in [-0.1, -0.05) is 24.3 Å². The number of carbonyl (C=O) groups excluding carboxylic acids is 1. The molecule has 1 N–H and O–H groups in total. The summed E-state index contributed by atoms with van der Waals surface area (Å²) < 4.78 is 16.6. The summed E-state index contributed by atoms with van der Waals surface area (Å²) in [7, 11) is 3.01. The predicted molar refractivity (Wildman–Crippen MR) is 122 cm³/mol. The van der Waals surface area contributed by atoms with E-state index < -0.39 is 10.8 Å². The highest BCUT2D eigenvalue weighted by Gasteiger charge is 2.17. The van der Waals surface area contributed by atoms with E-state index in [0.717, 1.165) is 0 Å². The summed E-state index contributed by atoms with van der Waals surface area (Å²) in [4.78, 5) is 28.5. The standard InChI is InChI=1S/C24H19N3O6/c1-31-21-9-5-3-7-18(21)25-23(28)17-14-15-13-16(27(29)30)11-12-20(15)33-24(17)26-19-8-4-6-10-22(19)32-2/h3-14H,1-2H3,(H,25,28). The molecule has 0 aliphatic carbocycles. The summed E-state index contributed by atoms with van der Waals surface area (Å²) in [6.07, 6.45) is 0. The van der Waals surface area contributed by atoms with E-state index in [1.807, 2.05) is 0 Å². The van der Waals surface area contributed by atoms with Crippen molar-refractivity contribution in [3.63, 3.8) is 0 Å².